The van der Waals surface area contributed by atoms with Gasteiger partial charge in [-0.2, -0.15) is 0 Å². The van der Waals surface area contributed by atoms with E-state index in [0.717, 1.165) is 6.07 Å². The molecule has 0 aliphatic rings. The highest BCUT2D eigenvalue weighted by atomic mass is 19.1. The summed E-state index contributed by atoms with van der Waals surface area (Å²) in [4.78, 5) is 22.7. The maximum absolute atomic E-state index is 13.3. The van der Waals surface area contributed by atoms with E-state index in [2.05, 4.69) is 10.5 Å². The van der Waals surface area contributed by atoms with Crippen LogP contribution in [0.1, 0.15) is 19.4 Å². The summed E-state index contributed by atoms with van der Waals surface area (Å²) in [7, 11) is 1.36. The molecular weight excluding hydrogens is 281 g/mol. The average molecular weight is 297 g/mol. The summed E-state index contributed by atoms with van der Waals surface area (Å²) in [6.07, 6.45) is -1.05. The van der Waals surface area contributed by atoms with Gasteiger partial charge in [0.2, 0.25) is 0 Å². The van der Waals surface area contributed by atoms with E-state index < -0.39 is 23.9 Å². The van der Waals surface area contributed by atoms with Crippen LogP contribution in [0, 0.1) is 5.82 Å². The Kier molecular flexibility index (Phi) is 5.65. The van der Waals surface area contributed by atoms with Gasteiger partial charge in [-0.15, -0.1) is 0 Å². The van der Waals surface area contributed by atoms with Crippen LogP contribution >= 0.6 is 0 Å². The normalized spacial score (nSPS) is 12.5. The van der Waals surface area contributed by atoms with Crippen molar-refractivity contribution in [2.45, 2.75) is 20.0 Å². The lowest BCUT2D eigenvalue weighted by Gasteiger charge is -2.16. The number of imide groups is 1. The lowest BCUT2D eigenvalue weighted by Crippen LogP contribution is -2.44. The van der Waals surface area contributed by atoms with Crippen LogP contribution in [0.2, 0.25) is 0 Å². The molecule has 1 atom stereocenters. The Hall–Kier alpha value is -2.64. The third kappa shape index (κ3) is 4.44. The first kappa shape index (κ1) is 16.4. The molecule has 0 saturated heterocycles. The minimum absolute atomic E-state index is 0.0323. The molecule has 7 nitrogen and oxygen atoms in total. The molecule has 0 aliphatic heterocycles. The number of halogens is 1. The molecule has 0 fully saturated rings. The Balaban J connectivity index is 2.93. The lowest BCUT2D eigenvalue weighted by atomic mass is 10.1. The number of rotatable bonds is 4. The van der Waals surface area contributed by atoms with Crippen molar-refractivity contribution in [2.75, 3.05) is 7.05 Å². The molecule has 1 aromatic carbocycles. The molecule has 1 aromatic rings. The molecule has 21 heavy (non-hydrogen) atoms. The van der Waals surface area contributed by atoms with E-state index in [1.54, 1.807) is 0 Å². The molecule has 1 rings (SSSR count). The number of nitrogens with zero attached hydrogens (tertiary/aromatic N) is 1. The second-order valence-corrected chi connectivity index (χ2v) is 4.15. The highest BCUT2D eigenvalue weighted by Gasteiger charge is 2.19. The van der Waals surface area contributed by atoms with Crippen LogP contribution in [0.15, 0.2) is 23.4 Å². The number of nitrogens with one attached hydrogen (secondary N) is 2. The topological polar surface area (TPSA) is 100 Å². The fourth-order valence-electron chi connectivity index (χ4n) is 1.47. The summed E-state index contributed by atoms with van der Waals surface area (Å²) < 4.78 is 18.6. The molecule has 1 unspecified atom stereocenters. The fourth-order valence-corrected chi connectivity index (χ4v) is 1.47. The highest BCUT2D eigenvalue weighted by Crippen LogP contribution is 2.22. The van der Waals surface area contributed by atoms with E-state index in [4.69, 9.17) is 9.94 Å². The van der Waals surface area contributed by atoms with Gasteiger partial charge in [0.25, 0.3) is 5.91 Å². The Labute approximate surface area is 120 Å². The largest absolute Gasteiger partial charge is 0.480 e. The van der Waals surface area contributed by atoms with E-state index in [-0.39, 0.29) is 11.5 Å². The molecule has 0 heterocycles. The first-order valence-corrected chi connectivity index (χ1v) is 6.06. The molecule has 0 aromatic heterocycles. The molecule has 0 saturated carbocycles. The first-order chi connectivity index (χ1) is 9.88. The zero-order valence-electron chi connectivity index (χ0n) is 11.8. The SMILES string of the molecule is CNC(=O)NC(=O)C(C)Oc1cc(F)ccc1C(C)=NO. The van der Waals surface area contributed by atoms with E-state index in [0.29, 0.717) is 5.56 Å². The molecule has 114 valence electrons. The van der Waals surface area contributed by atoms with Crippen LogP contribution < -0.4 is 15.4 Å². The molecule has 0 spiro atoms. The van der Waals surface area contributed by atoms with Crippen LogP contribution in [-0.2, 0) is 4.79 Å². The van der Waals surface area contributed by atoms with Gasteiger partial charge in [0.05, 0.1) is 5.71 Å². The Morgan fingerprint density at radius 2 is 2.10 bits per heavy atom. The van der Waals surface area contributed by atoms with E-state index >= 15 is 0 Å². The van der Waals surface area contributed by atoms with Crippen molar-refractivity contribution in [3.63, 3.8) is 0 Å². The van der Waals surface area contributed by atoms with Gasteiger partial charge in [-0.1, -0.05) is 5.16 Å². The average Bonchev–Trinajstić information content (AvgIpc) is 2.46. The molecule has 0 radical (unpaired) electrons. The predicted octanol–water partition coefficient (Wildman–Crippen LogP) is 1.25. The van der Waals surface area contributed by atoms with Gasteiger partial charge in [0, 0.05) is 18.7 Å². The smallest absolute Gasteiger partial charge is 0.321 e. The molecule has 0 aliphatic carbocycles. The van der Waals surface area contributed by atoms with Crippen LogP contribution in [0.3, 0.4) is 0 Å². The molecule has 0 bridgehead atoms. The zero-order valence-corrected chi connectivity index (χ0v) is 11.8. The van der Waals surface area contributed by atoms with Crippen molar-refractivity contribution in [2.24, 2.45) is 5.16 Å². The van der Waals surface area contributed by atoms with Crippen molar-refractivity contribution >= 4 is 17.6 Å². The summed E-state index contributed by atoms with van der Waals surface area (Å²) in [5.74, 6) is -1.23. The number of hydrogen-bond donors (Lipinski definition) is 3. The van der Waals surface area contributed by atoms with Crippen molar-refractivity contribution < 1.29 is 23.9 Å². The summed E-state index contributed by atoms with van der Waals surface area (Å²) in [5, 5.41) is 16.1. The minimum atomic E-state index is -1.05. The fraction of sp³-hybridized carbons (Fsp3) is 0.308. The second-order valence-electron chi connectivity index (χ2n) is 4.15. The number of urea groups is 1. The van der Waals surface area contributed by atoms with Gasteiger partial charge in [0.1, 0.15) is 11.6 Å². The van der Waals surface area contributed by atoms with Crippen LogP contribution in [0.25, 0.3) is 0 Å². The maximum Gasteiger partial charge on any atom is 0.321 e. The molecular formula is C13H16FN3O4. The van der Waals surface area contributed by atoms with Crippen molar-refractivity contribution in [1.29, 1.82) is 0 Å². The third-order valence-electron chi connectivity index (χ3n) is 2.62. The Morgan fingerprint density at radius 3 is 2.67 bits per heavy atom. The number of benzene rings is 1. The van der Waals surface area contributed by atoms with E-state index in [9.17, 15) is 14.0 Å². The van der Waals surface area contributed by atoms with Gasteiger partial charge in [-0.25, -0.2) is 9.18 Å². The Bertz CT molecular complexity index is 575. The van der Waals surface area contributed by atoms with Gasteiger partial charge >= 0.3 is 6.03 Å². The number of oxime groups is 1. The summed E-state index contributed by atoms with van der Waals surface area (Å²) in [6.45, 7) is 2.90. The summed E-state index contributed by atoms with van der Waals surface area (Å²) >= 11 is 0. The van der Waals surface area contributed by atoms with Crippen molar-refractivity contribution in [1.82, 2.24) is 10.6 Å². The van der Waals surface area contributed by atoms with E-state index in [1.807, 2.05) is 5.32 Å². The number of carbonyl (C=O) groups is 2. The van der Waals surface area contributed by atoms with Crippen molar-refractivity contribution in [3.8, 4) is 5.75 Å². The number of ether oxygens (including phenoxy) is 1. The lowest BCUT2D eigenvalue weighted by molar-refractivity contribution is -0.126. The van der Waals surface area contributed by atoms with Gasteiger partial charge in [-0.05, 0) is 26.0 Å². The van der Waals surface area contributed by atoms with Crippen LogP contribution in [0.4, 0.5) is 9.18 Å². The minimum Gasteiger partial charge on any atom is -0.480 e. The number of carbonyl (C=O) groups excluding carboxylic acids is 2. The third-order valence-corrected chi connectivity index (χ3v) is 2.62. The highest BCUT2D eigenvalue weighted by molar-refractivity contribution is 6.01. The predicted molar refractivity (Wildman–Crippen MR) is 73.1 cm³/mol. The molecule has 8 heteroatoms. The standard InChI is InChI=1S/C13H16FN3O4/c1-7(17-20)10-5-4-9(14)6-11(10)21-8(2)12(18)16-13(19)15-3/h4-6,8,20H,1-3H3,(H2,15,16,18,19). The maximum atomic E-state index is 13.3. The number of hydrogen-bond acceptors (Lipinski definition) is 5. The quantitative estimate of drug-likeness (QED) is 0.442. The number of amides is 3. The van der Waals surface area contributed by atoms with E-state index in [1.165, 1.54) is 33.0 Å². The molecule has 3 amide bonds. The summed E-state index contributed by atoms with van der Waals surface area (Å²) in [6, 6.07) is 2.92. The zero-order chi connectivity index (χ0) is 16.0. The second kappa shape index (κ2) is 7.22. The van der Waals surface area contributed by atoms with Gasteiger partial charge in [-0.3, -0.25) is 10.1 Å². The first-order valence-electron chi connectivity index (χ1n) is 6.06. The summed E-state index contributed by atoms with van der Waals surface area (Å²) in [5.41, 5.74) is 0.530. The van der Waals surface area contributed by atoms with Crippen LogP contribution in [0.5, 0.6) is 5.75 Å². The monoisotopic (exact) mass is 297 g/mol. The van der Waals surface area contributed by atoms with Gasteiger partial charge in [0.15, 0.2) is 6.10 Å². The van der Waals surface area contributed by atoms with Crippen molar-refractivity contribution in [3.05, 3.63) is 29.6 Å². The Morgan fingerprint density at radius 1 is 1.43 bits per heavy atom. The molecule has 3 N–H and O–H groups in total. The van der Waals surface area contributed by atoms with Gasteiger partial charge < -0.3 is 15.3 Å². The van der Waals surface area contributed by atoms with Crippen LogP contribution in [-0.4, -0.2) is 36.0 Å².